The fourth-order valence-electron chi connectivity index (χ4n) is 4.36. The van der Waals surface area contributed by atoms with Crippen LogP contribution in [0.25, 0.3) is 0 Å². The number of hydrogen-bond acceptors (Lipinski definition) is 4. The lowest BCUT2D eigenvalue weighted by Crippen LogP contribution is -2.50. The van der Waals surface area contributed by atoms with E-state index >= 15 is 0 Å². The van der Waals surface area contributed by atoms with Crippen molar-refractivity contribution in [3.05, 3.63) is 21.9 Å². The Bertz CT molecular complexity index is 658. The Hall–Kier alpha value is -1.40. The average molecular weight is 348 g/mol. The summed E-state index contributed by atoms with van der Waals surface area (Å²) in [4.78, 5) is 29.7. The maximum atomic E-state index is 12.8. The van der Waals surface area contributed by atoms with Crippen LogP contribution in [0.5, 0.6) is 0 Å². The molecule has 0 radical (unpaired) electrons. The zero-order chi connectivity index (χ0) is 16.7. The molecule has 0 bridgehead atoms. The number of likely N-dealkylation sites (tertiary alicyclic amines) is 2. The van der Waals surface area contributed by atoms with Gasteiger partial charge in [0.1, 0.15) is 0 Å². The van der Waals surface area contributed by atoms with Gasteiger partial charge in [-0.1, -0.05) is 0 Å². The number of hydrogen-bond donors (Lipinski definition) is 0. The molecule has 3 fully saturated rings. The second kappa shape index (κ2) is 6.15. The molecule has 1 aromatic heterocycles. The third kappa shape index (κ3) is 2.75. The number of nitrogens with zero attached hydrogens (tertiary/aromatic N) is 2. The molecule has 24 heavy (non-hydrogen) atoms. The van der Waals surface area contributed by atoms with Gasteiger partial charge in [0.05, 0.1) is 17.0 Å². The highest BCUT2D eigenvalue weighted by atomic mass is 32.1. The van der Waals surface area contributed by atoms with E-state index < -0.39 is 0 Å². The third-order valence-corrected chi connectivity index (χ3v) is 6.68. The van der Waals surface area contributed by atoms with Crippen molar-refractivity contribution in [1.29, 1.82) is 0 Å². The fourth-order valence-corrected chi connectivity index (χ4v) is 5.25. The van der Waals surface area contributed by atoms with Gasteiger partial charge in [0.25, 0.3) is 5.91 Å². The molecule has 3 aliphatic heterocycles. The average Bonchev–Trinajstić information content (AvgIpc) is 3.28. The van der Waals surface area contributed by atoms with Crippen LogP contribution in [0.1, 0.15) is 47.3 Å². The minimum absolute atomic E-state index is 0.127. The maximum absolute atomic E-state index is 12.8. The van der Waals surface area contributed by atoms with Crippen molar-refractivity contribution in [3.8, 4) is 0 Å². The lowest BCUT2D eigenvalue weighted by atomic mass is 9.89. The second-order valence-corrected chi connectivity index (χ2v) is 8.19. The molecular formula is C18H24N2O3S. The molecule has 5 nitrogen and oxygen atoms in total. The Kier molecular flexibility index (Phi) is 4.12. The Labute approximate surface area is 146 Å². The summed E-state index contributed by atoms with van der Waals surface area (Å²) in [6.45, 7) is 4.96. The molecule has 0 unspecified atom stereocenters. The van der Waals surface area contributed by atoms with Crippen LogP contribution in [0.15, 0.2) is 11.4 Å². The summed E-state index contributed by atoms with van der Waals surface area (Å²) in [5.41, 5.74) is 0.795. The first-order valence-corrected chi connectivity index (χ1v) is 9.73. The van der Waals surface area contributed by atoms with Crippen molar-refractivity contribution in [2.75, 3.05) is 26.2 Å². The van der Waals surface area contributed by atoms with E-state index in [1.54, 1.807) is 0 Å². The summed E-state index contributed by atoms with van der Waals surface area (Å²) in [5, 5.41) is 1.97. The van der Waals surface area contributed by atoms with Crippen LogP contribution in [0.4, 0.5) is 0 Å². The van der Waals surface area contributed by atoms with Crippen LogP contribution in [0.3, 0.4) is 0 Å². The highest BCUT2D eigenvalue weighted by Crippen LogP contribution is 2.38. The standard InChI is InChI=1S/C18H24N2O3S/c1-13-5-10-24-16(13)17(22)19-8-6-18(12-19)11-14(4-9-23-18)20-7-2-3-15(20)21/h5,10,14H,2-4,6-9,11-12H2,1H3/t14-,18+/m1/s1. The fraction of sp³-hybridized carbons (Fsp3) is 0.667. The maximum Gasteiger partial charge on any atom is 0.264 e. The van der Waals surface area contributed by atoms with Crippen molar-refractivity contribution in [1.82, 2.24) is 9.80 Å². The molecule has 6 heteroatoms. The van der Waals surface area contributed by atoms with Crippen LogP contribution in [-0.2, 0) is 9.53 Å². The van der Waals surface area contributed by atoms with Gasteiger partial charge >= 0.3 is 0 Å². The molecule has 1 spiro atoms. The van der Waals surface area contributed by atoms with Gasteiger partial charge in [-0.2, -0.15) is 0 Å². The van der Waals surface area contributed by atoms with Gasteiger partial charge in [-0.15, -0.1) is 11.3 Å². The van der Waals surface area contributed by atoms with E-state index in [0.29, 0.717) is 19.6 Å². The van der Waals surface area contributed by atoms with Crippen LogP contribution in [0, 0.1) is 6.92 Å². The summed E-state index contributed by atoms with van der Waals surface area (Å²) >= 11 is 1.52. The predicted molar refractivity (Wildman–Crippen MR) is 92.2 cm³/mol. The van der Waals surface area contributed by atoms with Gasteiger partial charge in [-0.25, -0.2) is 0 Å². The van der Waals surface area contributed by atoms with E-state index in [0.717, 1.165) is 49.2 Å². The van der Waals surface area contributed by atoms with Crippen molar-refractivity contribution >= 4 is 23.2 Å². The normalized spacial score (nSPS) is 30.5. The van der Waals surface area contributed by atoms with Crippen LogP contribution in [-0.4, -0.2) is 59.5 Å². The molecule has 2 atom stereocenters. The monoisotopic (exact) mass is 348 g/mol. The van der Waals surface area contributed by atoms with Crippen LogP contribution in [0.2, 0.25) is 0 Å². The second-order valence-electron chi connectivity index (χ2n) is 7.28. The number of ether oxygens (including phenoxy) is 1. The van der Waals surface area contributed by atoms with E-state index in [-0.39, 0.29) is 23.5 Å². The molecule has 0 aromatic carbocycles. The Morgan fingerprint density at radius 1 is 1.42 bits per heavy atom. The number of rotatable bonds is 2. The zero-order valence-electron chi connectivity index (χ0n) is 14.1. The van der Waals surface area contributed by atoms with E-state index in [1.165, 1.54) is 11.3 Å². The first-order chi connectivity index (χ1) is 11.6. The lowest BCUT2D eigenvalue weighted by molar-refractivity contribution is -0.137. The lowest BCUT2D eigenvalue weighted by Gasteiger charge is -2.41. The minimum atomic E-state index is -0.257. The van der Waals surface area contributed by atoms with Crippen molar-refractivity contribution in [2.24, 2.45) is 0 Å². The van der Waals surface area contributed by atoms with E-state index in [2.05, 4.69) is 4.90 Å². The summed E-state index contributed by atoms with van der Waals surface area (Å²) in [6, 6.07) is 2.28. The Morgan fingerprint density at radius 3 is 3.00 bits per heavy atom. The molecule has 2 amide bonds. The number of thiophene rings is 1. The molecule has 130 valence electrons. The first kappa shape index (κ1) is 16.1. The van der Waals surface area contributed by atoms with Gasteiger partial charge in [-0.05, 0) is 49.6 Å². The van der Waals surface area contributed by atoms with Gasteiger partial charge < -0.3 is 14.5 Å². The summed E-state index contributed by atoms with van der Waals surface area (Å²) in [7, 11) is 0. The highest BCUT2D eigenvalue weighted by Gasteiger charge is 2.47. The molecule has 1 aromatic rings. The van der Waals surface area contributed by atoms with E-state index in [4.69, 9.17) is 4.74 Å². The van der Waals surface area contributed by atoms with Gasteiger partial charge in [0.15, 0.2) is 0 Å². The number of carbonyl (C=O) groups excluding carboxylic acids is 2. The third-order valence-electron chi connectivity index (χ3n) is 5.68. The SMILES string of the molecule is Cc1ccsc1C(=O)N1CC[C@]2(C[C@H](N3CCCC3=O)CCO2)C1. The molecule has 0 N–H and O–H groups in total. The molecule has 3 aliphatic rings. The predicted octanol–water partition coefficient (Wildman–Crippen LogP) is 2.44. The molecule has 3 saturated heterocycles. The minimum Gasteiger partial charge on any atom is -0.373 e. The Morgan fingerprint density at radius 2 is 2.29 bits per heavy atom. The van der Waals surface area contributed by atoms with Crippen LogP contribution < -0.4 is 0 Å². The van der Waals surface area contributed by atoms with E-state index in [1.807, 2.05) is 23.3 Å². The summed E-state index contributed by atoms with van der Waals surface area (Å²) < 4.78 is 6.15. The molecule has 0 saturated carbocycles. The first-order valence-electron chi connectivity index (χ1n) is 8.85. The largest absolute Gasteiger partial charge is 0.373 e. The van der Waals surface area contributed by atoms with Gasteiger partial charge in [0.2, 0.25) is 5.91 Å². The molecule has 0 aliphatic carbocycles. The van der Waals surface area contributed by atoms with E-state index in [9.17, 15) is 9.59 Å². The smallest absolute Gasteiger partial charge is 0.264 e. The summed E-state index contributed by atoms with van der Waals surface area (Å²) in [5.74, 6) is 0.416. The molecule has 4 heterocycles. The van der Waals surface area contributed by atoms with Crippen LogP contribution >= 0.6 is 11.3 Å². The molecule has 4 rings (SSSR count). The molecular weight excluding hydrogens is 324 g/mol. The summed E-state index contributed by atoms with van der Waals surface area (Å²) in [6.07, 6.45) is 4.33. The number of carbonyl (C=O) groups is 2. The van der Waals surface area contributed by atoms with Crippen molar-refractivity contribution in [3.63, 3.8) is 0 Å². The Balaban J connectivity index is 1.46. The number of amides is 2. The highest BCUT2D eigenvalue weighted by molar-refractivity contribution is 7.12. The number of aryl methyl sites for hydroxylation is 1. The zero-order valence-corrected chi connectivity index (χ0v) is 14.9. The van der Waals surface area contributed by atoms with Crippen molar-refractivity contribution < 1.29 is 14.3 Å². The van der Waals surface area contributed by atoms with Gasteiger partial charge in [-0.3, -0.25) is 9.59 Å². The van der Waals surface area contributed by atoms with Crippen molar-refractivity contribution in [2.45, 2.75) is 50.7 Å². The van der Waals surface area contributed by atoms with Gasteiger partial charge in [0, 0.05) is 32.2 Å². The topological polar surface area (TPSA) is 49.9 Å². The quantitative estimate of drug-likeness (QED) is 0.825.